The fourth-order valence-electron chi connectivity index (χ4n) is 2.51. The molecular weight excluding hydrogens is 439 g/mol. The average Bonchev–Trinajstić information content (AvgIpc) is 2.62. The minimum atomic E-state index is -0.609. The van der Waals surface area contributed by atoms with E-state index in [2.05, 4.69) is 21.2 Å². The summed E-state index contributed by atoms with van der Waals surface area (Å²) < 4.78 is 0.950. The molecule has 1 N–H and O–H groups in total. The van der Waals surface area contributed by atoms with Crippen LogP contribution in [0.1, 0.15) is 18.1 Å². The van der Waals surface area contributed by atoms with Crippen molar-refractivity contribution in [3.8, 4) is 0 Å². The molecule has 0 saturated heterocycles. The summed E-state index contributed by atoms with van der Waals surface area (Å²) in [6.07, 6.45) is 0.0911. The topological polar surface area (TPSA) is 49.4 Å². The molecular formula is C19H19BrCl2N2O2. The van der Waals surface area contributed by atoms with Crippen LogP contribution in [0.3, 0.4) is 0 Å². The quantitative estimate of drug-likeness (QED) is 0.695. The largest absolute Gasteiger partial charge is 0.357 e. The molecule has 2 aromatic carbocycles. The Hall–Kier alpha value is -1.56. The molecule has 0 aliphatic rings. The van der Waals surface area contributed by atoms with Crippen LogP contribution >= 0.6 is 39.1 Å². The summed E-state index contributed by atoms with van der Waals surface area (Å²) in [7, 11) is 1.55. The van der Waals surface area contributed by atoms with Crippen LogP contribution in [0.4, 0.5) is 0 Å². The third-order valence-electron chi connectivity index (χ3n) is 4.04. The van der Waals surface area contributed by atoms with Crippen LogP contribution in [0.5, 0.6) is 0 Å². The summed E-state index contributed by atoms with van der Waals surface area (Å²) in [6, 6.07) is 12.0. The molecule has 0 unspecified atom stereocenters. The molecule has 0 fully saturated rings. The van der Waals surface area contributed by atoms with E-state index in [1.165, 1.54) is 0 Å². The normalized spacial score (nSPS) is 11.7. The van der Waals surface area contributed by atoms with Gasteiger partial charge in [0.25, 0.3) is 0 Å². The van der Waals surface area contributed by atoms with E-state index in [1.807, 2.05) is 24.3 Å². The predicted octanol–water partition coefficient (Wildman–Crippen LogP) is 4.46. The maximum atomic E-state index is 12.9. The molecule has 26 heavy (non-hydrogen) atoms. The van der Waals surface area contributed by atoms with E-state index >= 15 is 0 Å². The lowest BCUT2D eigenvalue weighted by Gasteiger charge is -2.28. The van der Waals surface area contributed by atoms with Crippen molar-refractivity contribution in [3.63, 3.8) is 0 Å². The summed E-state index contributed by atoms with van der Waals surface area (Å²) in [4.78, 5) is 26.6. The van der Waals surface area contributed by atoms with Gasteiger partial charge in [-0.2, -0.15) is 0 Å². The monoisotopic (exact) mass is 456 g/mol. The van der Waals surface area contributed by atoms with E-state index in [1.54, 1.807) is 37.1 Å². The van der Waals surface area contributed by atoms with Crippen molar-refractivity contribution in [2.24, 2.45) is 0 Å². The van der Waals surface area contributed by atoms with Gasteiger partial charge in [-0.05, 0) is 42.3 Å². The van der Waals surface area contributed by atoms with Gasteiger partial charge in [0.2, 0.25) is 11.8 Å². The molecule has 138 valence electrons. The highest BCUT2D eigenvalue weighted by molar-refractivity contribution is 9.10. The molecule has 0 saturated carbocycles. The highest BCUT2D eigenvalue weighted by Gasteiger charge is 2.26. The summed E-state index contributed by atoms with van der Waals surface area (Å²) in [5.41, 5.74) is 1.60. The van der Waals surface area contributed by atoms with Gasteiger partial charge in [0.15, 0.2) is 0 Å². The zero-order chi connectivity index (χ0) is 19.3. The summed E-state index contributed by atoms with van der Waals surface area (Å²) in [5.74, 6) is -0.411. The van der Waals surface area contributed by atoms with Crippen molar-refractivity contribution in [1.29, 1.82) is 0 Å². The SMILES string of the molecule is CNC(=O)[C@H](C)N(Cc1ccc(Br)cc1)C(=O)Cc1ccc(Cl)cc1Cl. The molecule has 0 aromatic heterocycles. The predicted molar refractivity (Wildman–Crippen MR) is 108 cm³/mol. The molecule has 2 aromatic rings. The van der Waals surface area contributed by atoms with Gasteiger partial charge >= 0.3 is 0 Å². The first-order valence-electron chi connectivity index (χ1n) is 8.01. The molecule has 0 aliphatic carbocycles. The average molecular weight is 458 g/mol. The van der Waals surface area contributed by atoms with Gasteiger partial charge in [-0.15, -0.1) is 0 Å². The van der Waals surface area contributed by atoms with Crippen LogP contribution in [0.25, 0.3) is 0 Å². The number of amides is 2. The van der Waals surface area contributed by atoms with E-state index in [-0.39, 0.29) is 18.2 Å². The number of halogens is 3. The third-order valence-corrected chi connectivity index (χ3v) is 5.15. The second-order valence-corrected chi connectivity index (χ2v) is 7.61. The number of rotatable bonds is 6. The Bertz CT molecular complexity index is 797. The highest BCUT2D eigenvalue weighted by Crippen LogP contribution is 2.23. The minimum absolute atomic E-state index is 0.0911. The molecule has 4 nitrogen and oxygen atoms in total. The first-order chi connectivity index (χ1) is 12.3. The number of likely N-dealkylation sites (N-methyl/N-ethyl adjacent to an activating group) is 1. The standard InChI is InChI=1S/C19H19BrCl2N2O2/c1-12(19(26)23-2)24(11-13-3-6-15(20)7-4-13)18(25)9-14-5-8-16(21)10-17(14)22/h3-8,10,12H,9,11H2,1-2H3,(H,23,26)/t12-/m0/s1. The minimum Gasteiger partial charge on any atom is -0.357 e. The van der Waals surface area contributed by atoms with E-state index in [9.17, 15) is 9.59 Å². The van der Waals surface area contributed by atoms with Gasteiger partial charge in [0.1, 0.15) is 6.04 Å². The maximum Gasteiger partial charge on any atom is 0.242 e. The lowest BCUT2D eigenvalue weighted by atomic mass is 10.1. The number of benzene rings is 2. The van der Waals surface area contributed by atoms with E-state index in [4.69, 9.17) is 23.2 Å². The van der Waals surface area contributed by atoms with Crippen LogP contribution in [0, 0.1) is 0 Å². The molecule has 2 rings (SSSR count). The van der Waals surface area contributed by atoms with Crippen LogP contribution in [0.2, 0.25) is 10.0 Å². The van der Waals surface area contributed by atoms with Crippen molar-refractivity contribution in [3.05, 3.63) is 68.1 Å². The molecule has 0 heterocycles. The number of carbonyl (C=O) groups excluding carboxylic acids is 2. The first-order valence-corrected chi connectivity index (χ1v) is 9.56. The first kappa shape index (κ1) is 20.7. The molecule has 2 amide bonds. The Kier molecular flexibility index (Phi) is 7.50. The Morgan fingerprint density at radius 3 is 2.38 bits per heavy atom. The maximum absolute atomic E-state index is 12.9. The van der Waals surface area contributed by atoms with E-state index in [0.717, 1.165) is 10.0 Å². The lowest BCUT2D eigenvalue weighted by Crippen LogP contribution is -2.47. The van der Waals surface area contributed by atoms with Crippen LogP contribution in [-0.2, 0) is 22.6 Å². The Labute approximate surface area is 171 Å². The fraction of sp³-hybridized carbons (Fsp3) is 0.263. The Balaban J connectivity index is 2.25. The number of hydrogen-bond donors (Lipinski definition) is 1. The smallest absolute Gasteiger partial charge is 0.242 e. The van der Waals surface area contributed by atoms with Gasteiger partial charge < -0.3 is 10.2 Å². The van der Waals surface area contributed by atoms with Crippen molar-refractivity contribution in [2.45, 2.75) is 25.9 Å². The van der Waals surface area contributed by atoms with Gasteiger partial charge in [0.05, 0.1) is 6.42 Å². The second-order valence-electron chi connectivity index (χ2n) is 5.85. The number of carbonyl (C=O) groups is 2. The summed E-state index contributed by atoms with van der Waals surface area (Å²) in [5, 5.41) is 3.54. The van der Waals surface area contributed by atoms with Crippen molar-refractivity contribution in [1.82, 2.24) is 10.2 Å². The molecule has 0 spiro atoms. The van der Waals surface area contributed by atoms with E-state index in [0.29, 0.717) is 22.2 Å². The van der Waals surface area contributed by atoms with E-state index < -0.39 is 6.04 Å². The molecule has 0 bridgehead atoms. The van der Waals surface area contributed by atoms with Crippen molar-refractivity contribution < 1.29 is 9.59 Å². The van der Waals surface area contributed by atoms with Crippen molar-refractivity contribution >= 4 is 50.9 Å². The lowest BCUT2D eigenvalue weighted by molar-refractivity contribution is -0.139. The third kappa shape index (κ3) is 5.47. The van der Waals surface area contributed by atoms with Crippen LogP contribution < -0.4 is 5.32 Å². The Morgan fingerprint density at radius 2 is 1.81 bits per heavy atom. The molecule has 7 heteroatoms. The molecule has 1 atom stereocenters. The zero-order valence-corrected chi connectivity index (χ0v) is 17.5. The molecule has 0 radical (unpaired) electrons. The van der Waals surface area contributed by atoms with Gasteiger partial charge in [0, 0.05) is 28.1 Å². The molecule has 0 aliphatic heterocycles. The highest BCUT2D eigenvalue weighted by atomic mass is 79.9. The Morgan fingerprint density at radius 1 is 1.15 bits per heavy atom. The number of nitrogens with one attached hydrogen (secondary N) is 1. The van der Waals surface area contributed by atoms with Crippen molar-refractivity contribution in [2.75, 3.05) is 7.05 Å². The summed E-state index contributed by atoms with van der Waals surface area (Å²) in [6.45, 7) is 2.03. The fourth-order valence-corrected chi connectivity index (χ4v) is 3.25. The van der Waals surface area contributed by atoms with Gasteiger partial charge in [-0.1, -0.05) is 57.3 Å². The van der Waals surface area contributed by atoms with Gasteiger partial charge in [-0.25, -0.2) is 0 Å². The zero-order valence-electron chi connectivity index (χ0n) is 14.4. The second kappa shape index (κ2) is 9.40. The van der Waals surface area contributed by atoms with Crippen LogP contribution in [0.15, 0.2) is 46.9 Å². The number of hydrogen-bond acceptors (Lipinski definition) is 2. The number of nitrogens with zero attached hydrogens (tertiary/aromatic N) is 1. The van der Waals surface area contributed by atoms with Gasteiger partial charge in [-0.3, -0.25) is 9.59 Å². The van der Waals surface area contributed by atoms with Crippen LogP contribution in [-0.4, -0.2) is 29.8 Å². The summed E-state index contributed by atoms with van der Waals surface area (Å²) >= 11 is 15.5.